The van der Waals surface area contributed by atoms with Crippen molar-refractivity contribution in [1.29, 1.82) is 0 Å². The van der Waals surface area contributed by atoms with Crippen LogP contribution in [0.4, 0.5) is 5.69 Å². The zero-order chi connectivity index (χ0) is 20.8. The molecule has 2 aromatic rings. The summed E-state index contributed by atoms with van der Waals surface area (Å²) in [6.45, 7) is 1.29. The molecule has 0 unspecified atom stereocenters. The Morgan fingerprint density at radius 2 is 1.76 bits per heavy atom. The maximum absolute atomic E-state index is 13.4. The van der Waals surface area contributed by atoms with E-state index in [0.29, 0.717) is 5.69 Å². The lowest BCUT2D eigenvalue weighted by molar-refractivity contribution is -0.154. The minimum absolute atomic E-state index is 0.400. The van der Waals surface area contributed by atoms with E-state index in [4.69, 9.17) is 4.74 Å². The van der Waals surface area contributed by atoms with Crippen molar-refractivity contribution < 1.29 is 24.2 Å². The van der Waals surface area contributed by atoms with Crippen LogP contribution >= 0.6 is 0 Å². The molecule has 0 spiro atoms. The third-order valence-electron chi connectivity index (χ3n) is 5.90. The Kier molecular flexibility index (Phi) is 4.72. The van der Waals surface area contributed by atoms with Crippen LogP contribution in [0.3, 0.4) is 0 Å². The number of hydrogen-bond acceptors (Lipinski definition) is 6. The van der Waals surface area contributed by atoms with Gasteiger partial charge < -0.3 is 9.84 Å². The van der Waals surface area contributed by atoms with Gasteiger partial charge >= 0.3 is 5.97 Å². The fourth-order valence-electron chi connectivity index (χ4n) is 4.47. The van der Waals surface area contributed by atoms with E-state index in [2.05, 4.69) is 5.32 Å². The van der Waals surface area contributed by atoms with Crippen LogP contribution in [-0.4, -0.2) is 42.1 Å². The first-order valence-corrected chi connectivity index (χ1v) is 9.41. The predicted molar refractivity (Wildman–Crippen MR) is 105 cm³/mol. The van der Waals surface area contributed by atoms with Gasteiger partial charge in [-0.15, -0.1) is 0 Å². The first-order chi connectivity index (χ1) is 13.9. The van der Waals surface area contributed by atoms with Gasteiger partial charge in [-0.3, -0.25) is 14.9 Å². The molecule has 2 fully saturated rings. The Hall–Kier alpha value is -3.03. The molecule has 0 aliphatic carbocycles. The molecule has 0 saturated carbocycles. The summed E-state index contributed by atoms with van der Waals surface area (Å²) in [7, 11) is 1.20. The average Bonchev–Trinajstić information content (AvgIpc) is 3.23. The number of amides is 2. The quantitative estimate of drug-likeness (QED) is 0.600. The number of aryl methyl sites for hydroxylation is 1. The molecule has 0 bridgehead atoms. The number of hydrogen-bond donors (Lipinski definition) is 2. The number of fused-ring (bicyclic) bond motifs is 1. The van der Waals surface area contributed by atoms with Crippen molar-refractivity contribution in [3.63, 3.8) is 0 Å². The Morgan fingerprint density at radius 1 is 1.10 bits per heavy atom. The average molecular weight is 394 g/mol. The summed E-state index contributed by atoms with van der Waals surface area (Å²) >= 11 is 0. The normalized spacial score (nSPS) is 28.5. The lowest BCUT2D eigenvalue weighted by atomic mass is 9.79. The van der Waals surface area contributed by atoms with Crippen LogP contribution < -0.4 is 10.2 Å². The third-order valence-corrected chi connectivity index (χ3v) is 5.90. The maximum atomic E-state index is 13.4. The molecule has 0 aromatic heterocycles. The van der Waals surface area contributed by atoms with Crippen molar-refractivity contribution in [1.82, 2.24) is 5.32 Å². The number of imide groups is 1. The SMILES string of the molecule is COC(=O)[C@@]1(CO)N[C@@H](c2ccc(C)cc2)[C@H]2C(=O)N(c3ccccc3)C(=O)[C@H]21. The Balaban J connectivity index is 1.85. The van der Waals surface area contributed by atoms with Crippen LogP contribution in [0.2, 0.25) is 0 Å². The minimum atomic E-state index is -1.69. The van der Waals surface area contributed by atoms with Crippen LogP contribution in [0, 0.1) is 18.8 Å². The fourth-order valence-corrected chi connectivity index (χ4v) is 4.47. The number of carbonyl (C=O) groups excluding carboxylic acids is 3. The van der Waals surface area contributed by atoms with Crippen molar-refractivity contribution in [3.8, 4) is 0 Å². The molecule has 4 rings (SSSR count). The Morgan fingerprint density at radius 3 is 2.34 bits per heavy atom. The minimum Gasteiger partial charge on any atom is -0.468 e. The summed E-state index contributed by atoms with van der Waals surface area (Å²) in [5.41, 5.74) is 0.562. The van der Waals surface area contributed by atoms with E-state index in [1.165, 1.54) is 7.11 Å². The van der Waals surface area contributed by atoms with Crippen molar-refractivity contribution >= 4 is 23.5 Å². The highest BCUT2D eigenvalue weighted by atomic mass is 16.5. The summed E-state index contributed by atoms with van der Waals surface area (Å²) < 4.78 is 4.92. The van der Waals surface area contributed by atoms with E-state index in [9.17, 15) is 19.5 Å². The number of para-hydroxylation sites is 1. The van der Waals surface area contributed by atoms with Crippen molar-refractivity contribution in [2.75, 3.05) is 18.6 Å². The zero-order valence-electron chi connectivity index (χ0n) is 16.2. The summed E-state index contributed by atoms with van der Waals surface area (Å²) in [5, 5.41) is 13.3. The van der Waals surface area contributed by atoms with Gasteiger partial charge in [-0.1, -0.05) is 48.0 Å². The highest BCUT2D eigenvalue weighted by Gasteiger charge is 2.69. The molecule has 150 valence electrons. The molecule has 2 aliphatic rings. The largest absolute Gasteiger partial charge is 0.468 e. The van der Waals surface area contributed by atoms with Gasteiger partial charge in [0.15, 0.2) is 5.54 Å². The standard InChI is InChI=1S/C22H22N2O5/c1-13-8-10-14(11-9-13)18-16-17(22(12-25,23-18)21(28)29-2)20(27)24(19(16)26)15-6-4-3-5-7-15/h3-11,16-18,23,25H,12H2,1-2H3/t16-,17-,18-,22-/m0/s1. The van der Waals surface area contributed by atoms with Crippen LogP contribution in [0.1, 0.15) is 17.2 Å². The number of benzene rings is 2. The number of nitrogens with one attached hydrogen (secondary N) is 1. The van der Waals surface area contributed by atoms with Crippen molar-refractivity contribution in [2.45, 2.75) is 18.5 Å². The van der Waals surface area contributed by atoms with Gasteiger partial charge in [0.2, 0.25) is 11.8 Å². The van der Waals surface area contributed by atoms with Gasteiger partial charge in [0.1, 0.15) is 0 Å². The summed E-state index contributed by atoms with van der Waals surface area (Å²) in [5.74, 6) is -3.59. The molecule has 2 amide bonds. The predicted octanol–water partition coefficient (Wildman–Crippen LogP) is 1.35. The lowest BCUT2D eigenvalue weighted by Gasteiger charge is -2.30. The zero-order valence-corrected chi connectivity index (χ0v) is 16.2. The van der Waals surface area contributed by atoms with Crippen LogP contribution in [0.15, 0.2) is 54.6 Å². The van der Waals surface area contributed by atoms with Gasteiger partial charge in [-0.2, -0.15) is 0 Å². The number of ether oxygens (including phenoxy) is 1. The Labute approximate surface area is 168 Å². The van der Waals surface area contributed by atoms with E-state index < -0.39 is 47.8 Å². The molecule has 2 aliphatic heterocycles. The molecule has 2 heterocycles. The summed E-state index contributed by atoms with van der Waals surface area (Å²) in [6.07, 6.45) is 0. The molecule has 0 radical (unpaired) electrons. The van der Waals surface area contributed by atoms with Crippen molar-refractivity contribution in [2.24, 2.45) is 11.8 Å². The molecule has 2 N–H and O–H groups in total. The van der Waals surface area contributed by atoms with E-state index in [0.717, 1.165) is 16.0 Å². The number of methoxy groups -OCH3 is 1. The molecule has 4 atom stereocenters. The number of anilines is 1. The molecular weight excluding hydrogens is 372 g/mol. The number of nitrogens with zero attached hydrogens (tertiary/aromatic N) is 1. The number of rotatable bonds is 4. The van der Waals surface area contributed by atoms with E-state index in [1.54, 1.807) is 30.3 Å². The molecule has 2 aromatic carbocycles. The molecule has 2 saturated heterocycles. The Bertz CT molecular complexity index is 959. The van der Waals surface area contributed by atoms with Crippen LogP contribution in [0.25, 0.3) is 0 Å². The molecule has 29 heavy (non-hydrogen) atoms. The number of aliphatic hydroxyl groups excluding tert-OH is 1. The van der Waals surface area contributed by atoms with Gasteiger partial charge in [-0.05, 0) is 24.6 Å². The fraction of sp³-hybridized carbons (Fsp3) is 0.318. The van der Waals surface area contributed by atoms with Crippen molar-refractivity contribution in [3.05, 3.63) is 65.7 Å². The number of esters is 1. The highest BCUT2D eigenvalue weighted by Crippen LogP contribution is 2.49. The number of carbonyl (C=O) groups is 3. The van der Waals surface area contributed by atoms with E-state index in [-0.39, 0.29) is 0 Å². The second-order valence-corrected chi connectivity index (χ2v) is 7.50. The molecular formula is C22H22N2O5. The maximum Gasteiger partial charge on any atom is 0.329 e. The topological polar surface area (TPSA) is 95.9 Å². The monoisotopic (exact) mass is 394 g/mol. The van der Waals surface area contributed by atoms with Crippen LogP contribution in [0.5, 0.6) is 0 Å². The third kappa shape index (κ3) is 2.77. The van der Waals surface area contributed by atoms with Gasteiger partial charge in [0.25, 0.3) is 0 Å². The van der Waals surface area contributed by atoms with Crippen LogP contribution in [-0.2, 0) is 19.1 Å². The van der Waals surface area contributed by atoms with Gasteiger partial charge in [0, 0.05) is 6.04 Å². The smallest absolute Gasteiger partial charge is 0.329 e. The van der Waals surface area contributed by atoms with Gasteiger partial charge in [0.05, 0.1) is 31.2 Å². The highest BCUT2D eigenvalue weighted by molar-refractivity contribution is 6.24. The molecule has 7 heteroatoms. The first kappa shape index (κ1) is 19.3. The number of aliphatic hydroxyl groups is 1. The summed E-state index contributed by atoms with van der Waals surface area (Å²) in [6, 6.07) is 15.5. The second kappa shape index (κ2) is 7.09. The lowest BCUT2D eigenvalue weighted by Crippen LogP contribution is -2.59. The van der Waals surface area contributed by atoms with E-state index >= 15 is 0 Å². The molecule has 7 nitrogen and oxygen atoms in total. The summed E-state index contributed by atoms with van der Waals surface area (Å²) in [4.78, 5) is 40.6. The second-order valence-electron chi connectivity index (χ2n) is 7.50. The first-order valence-electron chi connectivity index (χ1n) is 9.41. The van der Waals surface area contributed by atoms with E-state index in [1.807, 2.05) is 31.2 Å². The van der Waals surface area contributed by atoms with Gasteiger partial charge in [-0.25, -0.2) is 9.69 Å².